The second kappa shape index (κ2) is 5.85. The van der Waals surface area contributed by atoms with Gasteiger partial charge in [-0.3, -0.25) is 5.10 Å². The molecule has 0 bridgehead atoms. The number of hydrogen-bond acceptors (Lipinski definition) is 3. The average molecular weight is 251 g/mol. The molecular weight excluding hydrogens is 226 g/mol. The summed E-state index contributed by atoms with van der Waals surface area (Å²) < 4.78 is 6.00. The van der Waals surface area contributed by atoms with Crippen LogP contribution in [0.1, 0.15) is 50.8 Å². The Bertz CT molecular complexity index is 371. The van der Waals surface area contributed by atoms with Crippen LogP contribution in [0.25, 0.3) is 0 Å². The number of aryl methyl sites for hydroxylation is 1. The predicted molar refractivity (Wildman–Crippen MR) is 72.5 cm³/mol. The predicted octanol–water partition coefficient (Wildman–Crippen LogP) is 2.55. The van der Waals surface area contributed by atoms with Gasteiger partial charge in [0.1, 0.15) is 0 Å². The largest absolute Gasteiger partial charge is 0.375 e. The number of hydrogen-bond donors (Lipinski definition) is 2. The summed E-state index contributed by atoms with van der Waals surface area (Å²) in [4.78, 5) is 0. The lowest BCUT2D eigenvalue weighted by molar-refractivity contribution is -0.0932. The smallest absolute Gasteiger partial charge is 0.0692 e. The third-order valence-corrected chi connectivity index (χ3v) is 4.30. The first-order valence-corrected chi connectivity index (χ1v) is 7.05. The van der Waals surface area contributed by atoms with E-state index in [-0.39, 0.29) is 5.60 Å². The first-order chi connectivity index (χ1) is 8.69. The van der Waals surface area contributed by atoms with E-state index in [1.807, 2.05) is 6.20 Å². The van der Waals surface area contributed by atoms with Gasteiger partial charge in [-0.2, -0.15) is 5.10 Å². The van der Waals surface area contributed by atoms with Crippen molar-refractivity contribution in [2.75, 3.05) is 6.61 Å². The summed E-state index contributed by atoms with van der Waals surface area (Å²) in [5.41, 5.74) is 2.52. The van der Waals surface area contributed by atoms with E-state index in [2.05, 4.69) is 36.3 Å². The molecule has 2 heterocycles. The zero-order valence-electron chi connectivity index (χ0n) is 11.8. The normalized spacial score (nSPS) is 23.2. The molecule has 1 aliphatic heterocycles. The first kappa shape index (κ1) is 13.6. The van der Waals surface area contributed by atoms with Crippen molar-refractivity contribution in [3.63, 3.8) is 0 Å². The topological polar surface area (TPSA) is 49.9 Å². The molecule has 0 saturated carbocycles. The molecule has 18 heavy (non-hydrogen) atoms. The summed E-state index contributed by atoms with van der Waals surface area (Å²) in [5.74, 6) is 0. The number of aromatic amines is 1. The van der Waals surface area contributed by atoms with E-state index in [0.29, 0.717) is 6.04 Å². The quantitative estimate of drug-likeness (QED) is 0.845. The van der Waals surface area contributed by atoms with Gasteiger partial charge in [-0.1, -0.05) is 13.8 Å². The highest BCUT2D eigenvalue weighted by Gasteiger charge is 2.34. The number of nitrogens with one attached hydrogen (secondary N) is 2. The van der Waals surface area contributed by atoms with Gasteiger partial charge >= 0.3 is 0 Å². The SMILES string of the molecule is CCC1(CC)CC(NCc2cn[nH]c2C)CCO1. The molecule has 1 fully saturated rings. The van der Waals surface area contributed by atoms with Crippen molar-refractivity contribution in [2.24, 2.45) is 0 Å². The number of ether oxygens (including phenoxy) is 1. The maximum absolute atomic E-state index is 6.00. The summed E-state index contributed by atoms with van der Waals surface area (Å²) in [7, 11) is 0. The highest BCUT2D eigenvalue weighted by molar-refractivity contribution is 5.14. The second-order valence-electron chi connectivity index (χ2n) is 5.33. The van der Waals surface area contributed by atoms with Gasteiger partial charge in [0.25, 0.3) is 0 Å². The van der Waals surface area contributed by atoms with Crippen LogP contribution in [0.3, 0.4) is 0 Å². The van der Waals surface area contributed by atoms with E-state index in [0.717, 1.165) is 44.5 Å². The molecule has 1 aromatic heterocycles. The van der Waals surface area contributed by atoms with Gasteiger partial charge < -0.3 is 10.1 Å². The Kier molecular flexibility index (Phi) is 4.40. The van der Waals surface area contributed by atoms with Crippen molar-refractivity contribution in [3.8, 4) is 0 Å². The lowest BCUT2D eigenvalue weighted by atomic mass is 9.86. The van der Waals surface area contributed by atoms with Gasteiger partial charge in [0.15, 0.2) is 0 Å². The highest BCUT2D eigenvalue weighted by atomic mass is 16.5. The van der Waals surface area contributed by atoms with Crippen LogP contribution in [-0.4, -0.2) is 28.4 Å². The maximum atomic E-state index is 6.00. The van der Waals surface area contributed by atoms with Crippen molar-refractivity contribution < 1.29 is 4.74 Å². The van der Waals surface area contributed by atoms with E-state index >= 15 is 0 Å². The highest BCUT2D eigenvalue weighted by Crippen LogP contribution is 2.31. The van der Waals surface area contributed by atoms with Crippen molar-refractivity contribution in [1.82, 2.24) is 15.5 Å². The van der Waals surface area contributed by atoms with Crippen LogP contribution in [0.5, 0.6) is 0 Å². The molecule has 0 amide bonds. The van der Waals surface area contributed by atoms with Crippen molar-refractivity contribution in [1.29, 1.82) is 0 Å². The van der Waals surface area contributed by atoms with E-state index < -0.39 is 0 Å². The molecule has 2 N–H and O–H groups in total. The molecule has 0 spiro atoms. The molecule has 1 aromatic rings. The Morgan fingerprint density at radius 2 is 2.28 bits per heavy atom. The Hall–Kier alpha value is -0.870. The lowest BCUT2D eigenvalue weighted by Crippen LogP contribution is -2.46. The third-order valence-electron chi connectivity index (χ3n) is 4.30. The zero-order chi connectivity index (χ0) is 13.0. The van der Waals surface area contributed by atoms with Crippen molar-refractivity contribution >= 4 is 0 Å². The third kappa shape index (κ3) is 2.93. The maximum Gasteiger partial charge on any atom is 0.0692 e. The Labute approximate surface area is 110 Å². The summed E-state index contributed by atoms with van der Waals surface area (Å²) >= 11 is 0. The van der Waals surface area contributed by atoms with Crippen molar-refractivity contribution in [3.05, 3.63) is 17.5 Å². The Balaban J connectivity index is 1.88. The van der Waals surface area contributed by atoms with E-state index in [1.165, 1.54) is 5.56 Å². The average Bonchev–Trinajstić information content (AvgIpc) is 2.82. The van der Waals surface area contributed by atoms with E-state index in [4.69, 9.17) is 4.74 Å². The van der Waals surface area contributed by atoms with Crippen molar-refractivity contribution in [2.45, 2.75) is 64.6 Å². The van der Waals surface area contributed by atoms with Gasteiger partial charge in [0, 0.05) is 30.5 Å². The molecular formula is C14H25N3O. The minimum absolute atomic E-state index is 0.0986. The van der Waals surface area contributed by atoms with Crippen LogP contribution in [0, 0.1) is 6.92 Å². The lowest BCUT2D eigenvalue weighted by Gasteiger charge is -2.40. The fourth-order valence-electron chi connectivity index (χ4n) is 2.75. The molecule has 4 nitrogen and oxygen atoms in total. The van der Waals surface area contributed by atoms with Crippen LogP contribution in [0.4, 0.5) is 0 Å². The number of nitrogens with zero attached hydrogens (tertiary/aromatic N) is 1. The van der Waals surface area contributed by atoms with Gasteiger partial charge in [0.05, 0.1) is 11.8 Å². The zero-order valence-corrected chi connectivity index (χ0v) is 11.8. The minimum atomic E-state index is 0.0986. The molecule has 0 aliphatic carbocycles. The molecule has 102 valence electrons. The molecule has 0 aromatic carbocycles. The first-order valence-electron chi connectivity index (χ1n) is 7.05. The van der Waals surface area contributed by atoms with E-state index in [9.17, 15) is 0 Å². The summed E-state index contributed by atoms with van der Waals surface area (Å²) in [6.45, 7) is 8.30. The molecule has 1 unspecified atom stereocenters. The number of H-pyrrole nitrogens is 1. The molecule has 0 radical (unpaired) electrons. The van der Waals surface area contributed by atoms with Gasteiger partial charge in [-0.05, 0) is 32.6 Å². The molecule has 1 saturated heterocycles. The van der Waals surface area contributed by atoms with E-state index in [1.54, 1.807) is 0 Å². The number of rotatable bonds is 5. The monoisotopic (exact) mass is 251 g/mol. The van der Waals surface area contributed by atoms with Gasteiger partial charge in [-0.25, -0.2) is 0 Å². The molecule has 2 rings (SSSR count). The van der Waals surface area contributed by atoms with Gasteiger partial charge in [-0.15, -0.1) is 0 Å². The van der Waals surface area contributed by atoms with Gasteiger partial charge in [0.2, 0.25) is 0 Å². The fraction of sp³-hybridized carbons (Fsp3) is 0.786. The molecule has 4 heteroatoms. The summed E-state index contributed by atoms with van der Waals surface area (Å²) in [6.07, 6.45) is 6.35. The van der Waals surface area contributed by atoms with Crippen LogP contribution in [-0.2, 0) is 11.3 Å². The second-order valence-corrected chi connectivity index (χ2v) is 5.33. The minimum Gasteiger partial charge on any atom is -0.375 e. The van der Waals surface area contributed by atoms with Crippen LogP contribution in [0.15, 0.2) is 6.20 Å². The van der Waals surface area contributed by atoms with Crippen LogP contribution < -0.4 is 5.32 Å². The van der Waals surface area contributed by atoms with Crippen LogP contribution in [0.2, 0.25) is 0 Å². The number of aromatic nitrogens is 2. The van der Waals surface area contributed by atoms with Crippen LogP contribution >= 0.6 is 0 Å². The summed E-state index contributed by atoms with van der Waals surface area (Å²) in [5, 5.41) is 10.7. The summed E-state index contributed by atoms with van der Waals surface area (Å²) in [6, 6.07) is 0.563. The molecule has 1 atom stereocenters. The fourth-order valence-corrected chi connectivity index (χ4v) is 2.75. The Morgan fingerprint density at radius 3 is 2.89 bits per heavy atom. The molecule has 1 aliphatic rings. The standard InChI is InChI=1S/C14H25N3O/c1-4-14(5-2)8-13(6-7-18-14)15-9-12-10-16-17-11(12)3/h10,13,15H,4-9H2,1-3H3,(H,16,17). The Morgan fingerprint density at radius 1 is 1.50 bits per heavy atom.